The van der Waals surface area contributed by atoms with Crippen LogP contribution in [-0.2, 0) is 4.74 Å². The molecule has 1 aliphatic rings. The predicted octanol–water partition coefficient (Wildman–Crippen LogP) is 1.30. The van der Waals surface area contributed by atoms with Crippen LogP contribution in [0.5, 0.6) is 0 Å². The lowest BCUT2D eigenvalue weighted by Crippen LogP contribution is -2.03. The van der Waals surface area contributed by atoms with Crippen molar-refractivity contribution in [3.63, 3.8) is 0 Å². The van der Waals surface area contributed by atoms with E-state index in [9.17, 15) is 0 Å². The lowest BCUT2D eigenvalue weighted by Gasteiger charge is -2.02. The summed E-state index contributed by atoms with van der Waals surface area (Å²) < 4.78 is 5.34. The molecule has 54 valence electrons. The Bertz CT molecular complexity index is 78.3. The van der Waals surface area contributed by atoms with E-state index < -0.39 is 0 Å². The van der Waals surface area contributed by atoms with Gasteiger partial charge >= 0.3 is 0 Å². The third-order valence-electron chi connectivity index (χ3n) is 1.16. The number of thioether (sulfide) groups is 1. The standard InChI is InChI=1S/C5H10OS3/c7-2-4-1-6-5(3-8)9-4/h4-5,7-8H,1-3H2. The zero-order valence-electron chi connectivity index (χ0n) is 4.99. The average Bonchev–Trinajstić information content (AvgIpc) is 2.34. The minimum atomic E-state index is 0.311. The number of ether oxygens (including phenoxy) is 1. The van der Waals surface area contributed by atoms with Gasteiger partial charge in [-0.3, -0.25) is 0 Å². The van der Waals surface area contributed by atoms with Crippen molar-refractivity contribution in [1.29, 1.82) is 0 Å². The molecular weight excluding hydrogens is 172 g/mol. The molecule has 2 unspecified atom stereocenters. The molecule has 0 radical (unpaired) electrons. The average molecular weight is 182 g/mol. The summed E-state index contributed by atoms with van der Waals surface area (Å²) in [6, 6.07) is 0. The third-order valence-corrected chi connectivity index (χ3v) is 3.73. The topological polar surface area (TPSA) is 9.23 Å². The van der Waals surface area contributed by atoms with E-state index in [2.05, 4.69) is 25.3 Å². The summed E-state index contributed by atoms with van der Waals surface area (Å²) in [5.74, 6) is 1.73. The maximum absolute atomic E-state index is 5.34. The highest BCUT2D eigenvalue weighted by atomic mass is 32.2. The van der Waals surface area contributed by atoms with Crippen molar-refractivity contribution < 1.29 is 4.74 Å². The van der Waals surface area contributed by atoms with Crippen LogP contribution in [-0.4, -0.2) is 28.8 Å². The molecule has 9 heavy (non-hydrogen) atoms. The number of rotatable bonds is 2. The van der Waals surface area contributed by atoms with Crippen molar-refractivity contribution in [1.82, 2.24) is 0 Å². The van der Waals surface area contributed by atoms with Gasteiger partial charge in [-0.1, -0.05) is 0 Å². The Balaban J connectivity index is 2.20. The third kappa shape index (κ3) is 2.26. The molecule has 0 aromatic heterocycles. The molecule has 0 aromatic rings. The molecule has 0 spiro atoms. The molecule has 2 atom stereocenters. The Hall–Kier alpha value is 1.01. The van der Waals surface area contributed by atoms with Gasteiger partial charge in [-0.05, 0) is 0 Å². The summed E-state index contributed by atoms with van der Waals surface area (Å²) in [5, 5.41) is 0.588. The van der Waals surface area contributed by atoms with Crippen molar-refractivity contribution in [2.45, 2.75) is 10.7 Å². The molecule has 0 amide bonds. The van der Waals surface area contributed by atoms with E-state index in [1.54, 1.807) is 0 Å². The molecule has 0 N–H and O–H groups in total. The van der Waals surface area contributed by atoms with Crippen LogP contribution >= 0.6 is 37.0 Å². The molecule has 1 rings (SSSR count). The van der Waals surface area contributed by atoms with Gasteiger partial charge in [0.05, 0.1) is 6.61 Å². The zero-order valence-corrected chi connectivity index (χ0v) is 7.59. The van der Waals surface area contributed by atoms with Gasteiger partial charge in [0.25, 0.3) is 0 Å². The van der Waals surface area contributed by atoms with Crippen LogP contribution in [0.3, 0.4) is 0 Å². The Morgan fingerprint density at radius 3 is 2.56 bits per heavy atom. The first-order chi connectivity index (χ1) is 4.36. The molecule has 1 nitrogen and oxygen atoms in total. The largest absolute Gasteiger partial charge is 0.366 e. The molecule has 1 aliphatic heterocycles. The SMILES string of the molecule is SCC1COC(CS)S1. The lowest BCUT2D eigenvalue weighted by atomic mass is 10.5. The van der Waals surface area contributed by atoms with Crippen molar-refractivity contribution >= 4 is 37.0 Å². The second-order valence-electron chi connectivity index (χ2n) is 1.89. The first kappa shape index (κ1) is 8.11. The summed E-state index contributed by atoms with van der Waals surface area (Å²) in [5.41, 5.74) is 0.311. The fourth-order valence-corrected chi connectivity index (χ4v) is 2.34. The summed E-state index contributed by atoms with van der Waals surface area (Å²) in [6.45, 7) is 0.847. The predicted molar refractivity (Wildman–Crippen MR) is 48.8 cm³/mol. The molecule has 1 saturated heterocycles. The molecule has 4 heteroatoms. The minimum absolute atomic E-state index is 0.311. The highest BCUT2D eigenvalue weighted by molar-refractivity contribution is 8.01. The van der Waals surface area contributed by atoms with E-state index in [0.29, 0.717) is 10.7 Å². The van der Waals surface area contributed by atoms with Gasteiger partial charge in [0.2, 0.25) is 0 Å². The van der Waals surface area contributed by atoms with Crippen LogP contribution in [0.2, 0.25) is 0 Å². The maximum atomic E-state index is 5.34. The number of hydrogen-bond acceptors (Lipinski definition) is 4. The zero-order chi connectivity index (χ0) is 6.69. The fraction of sp³-hybridized carbons (Fsp3) is 1.00. The molecule has 0 saturated carbocycles. The van der Waals surface area contributed by atoms with Crippen LogP contribution in [0, 0.1) is 0 Å². The molecule has 1 fully saturated rings. The second-order valence-corrected chi connectivity index (χ2v) is 4.08. The van der Waals surface area contributed by atoms with E-state index in [1.807, 2.05) is 11.8 Å². The van der Waals surface area contributed by atoms with Crippen molar-refractivity contribution in [3.8, 4) is 0 Å². The minimum Gasteiger partial charge on any atom is -0.366 e. The second kappa shape index (κ2) is 4.01. The molecule has 0 bridgehead atoms. The van der Waals surface area contributed by atoms with Crippen molar-refractivity contribution in [3.05, 3.63) is 0 Å². The summed E-state index contributed by atoms with van der Waals surface area (Å²) >= 11 is 10.1. The summed E-state index contributed by atoms with van der Waals surface area (Å²) in [6.07, 6.45) is 0. The van der Waals surface area contributed by atoms with E-state index >= 15 is 0 Å². The van der Waals surface area contributed by atoms with Gasteiger partial charge in [-0.2, -0.15) is 25.3 Å². The highest BCUT2D eigenvalue weighted by Crippen LogP contribution is 2.28. The highest BCUT2D eigenvalue weighted by Gasteiger charge is 2.23. The van der Waals surface area contributed by atoms with E-state index in [-0.39, 0.29) is 0 Å². The first-order valence-electron chi connectivity index (χ1n) is 2.85. The summed E-state index contributed by atoms with van der Waals surface area (Å²) in [7, 11) is 0. The Morgan fingerprint density at radius 1 is 1.44 bits per heavy atom. The Labute approximate surface area is 70.7 Å². The Morgan fingerprint density at radius 2 is 2.22 bits per heavy atom. The van der Waals surface area contributed by atoms with Crippen LogP contribution in [0.25, 0.3) is 0 Å². The number of hydrogen-bond donors (Lipinski definition) is 2. The van der Waals surface area contributed by atoms with Crippen LogP contribution < -0.4 is 0 Å². The molecular formula is C5H10OS3. The van der Waals surface area contributed by atoms with E-state index in [0.717, 1.165) is 18.1 Å². The quantitative estimate of drug-likeness (QED) is 0.623. The first-order valence-corrected chi connectivity index (χ1v) is 5.06. The van der Waals surface area contributed by atoms with E-state index in [4.69, 9.17) is 4.74 Å². The lowest BCUT2D eigenvalue weighted by molar-refractivity contribution is 0.150. The normalized spacial score (nSPS) is 35.3. The van der Waals surface area contributed by atoms with Crippen LogP contribution in [0.15, 0.2) is 0 Å². The smallest absolute Gasteiger partial charge is 0.112 e. The monoisotopic (exact) mass is 182 g/mol. The van der Waals surface area contributed by atoms with Gasteiger partial charge < -0.3 is 4.74 Å². The maximum Gasteiger partial charge on any atom is 0.112 e. The van der Waals surface area contributed by atoms with Crippen LogP contribution in [0.4, 0.5) is 0 Å². The number of thiol groups is 2. The van der Waals surface area contributed by atoms with Crippen molar-refractivity contribution in [2.24, 2.45) is 0 Å². The fourth-order valence-electron chi connectivity index (χ4n) is 0.699. The molecule has 0 aromatic carbocycles. The van der Waals surface area contributed by atoms with E-state index in [1.165, 1.54) is 0 Å². The van der Waals surface area contributed by atoms with Gasteiger partial charge in [0.15, 0.2) is 0 Å². The molecule has 1 heterocycles. The van der Waals surface area contributed by atoms with Gasteiger partial charge in [0, 0.05) is 16.8 Å². The Kier molecular flexibility index (Phi) is 3.61. The molecule has 0 aliphatic carbocycles. The summed E-state index contributed by atoms with van der Waals surface area (Å²) in [4.78, 5) is 0. The van der Waals surface area contributed by atoms with Gasteiger partial charge in [-0.25, -0.2) is 0 Å². The van der Waals surface area contributed by atoms with Crippen LogP contribution in [0.1, 0.15) is 0 Å². The van der Waals surface area contributed by atoms with Gasteiger partial charge in [-0.15, -0.1) is 11.8 Å². The van der Waals surface area contributed by atoms with Gasteiger partial charge in [0.1, 0.15) is 5.44 Å². The van der Waals surface area contributed by atoms with Crippen molar-refractivity contribution in [2.75, 3.05) is 18.1 Å².